The average molecular weight is 823 g/mol. The second kappa shape index (κ2) is 16.6. The molecule has 1 aromatic heterocycles. The van der Waals surface area contributed by atoms with E-state index in [2.05, 4.69) is 4.72 Å². The molecule has 1 N–H and O–H groups in total. The van der Waals surface area contributed by atoms with E-state index in [0.29, 0.717) is 55.3 Å². The van der Waals surface area contributed by atoms with Crippen LogP contribution in [0.4, 0.5) is 0 Å². The smallest absolute Gasteiger partial charge is 0.306 e. The molecule has 15 heteroatoms. The van der Waals surface area contributed by atoms with Crippen molar-refractivity contribution in [3.63, 3.8) is 0 Å². The van der Waals surface area contributed by atoms with Gasteiger partial charge in [-0.25, -0.2) is 8.42 Å². The Labute approximate surface area is 340 Å². The number of carbonyl (C=O) groups is 4. The first-order chi connectivity index (χ1) is 27.9. The number of methoxy groups -OCH3 is 1. The van der Waals surface area contributed by atoms with E-state index >= 15 is 0 Å². The number of nitrogens with zero attached hydrogens (tertiary/aromatic N) is 3. The van der Waals surface area contributed by atoms with E-state index in [0.717, 1.165) is 64.2 Å². The molecule has 2 bridgehead atoms. The largest absolute Gasteiger partial charge is 0.496 e. The van der Waals surface area contributed by atoms with Crippen molar-refractivity contribution in [2.45, 2.75) is 153 Å². The van der Waals surface area contributed by atoms with Gasteiger partial charge in [0.2, 0.25) is 21.8 Å². The average Bonchev–Trinajstić information content (AvgIpc) is 3.99. The number of ether oxygens (including phenoxy) is 3. The van der Waals surface area contributed by atoms with Crippen LogP contribution in [0, 0.1) is 29.1 Å². The lowest BCUT2D eigenvalue weighted by molar-refractivity contribution is -0.156. The molecule has 0 radical (unpaired) electrons. The maximum Gasteiger partial charge on any atom is 0.306 e. The third kappa shape index (κ3) is 8.12. The summed E-state index contributed by atoms with van der Waals surface area (Å²) in [4.78, 5) is 77.8. The number of ketones is 1. The molecule has 14 nitrogen and oxygen atoms in total. The van der Waals surface area contributed by atoms with Crippen molar-refractivity contribution in [3.8, 4) is 11.8 Å². The molecule has 4 saturated carbocycles. The molecule has 2 aromatic rings. The number of aromatic nitrogens is 2. The van der Waals surface area contributed by atoms with Gasteiger partial charge in [-0.3, -0.25) is 33.3 Å². The number of Topliss-reactive ketones (excluding diaryl/α,β-unsaturated/α-hetero) is 1. The zero-order valence-electron chi connectivity index (χ0n) is 33.8. The minimum atomic E-state index is -3.84. The summed E-state index contributed by atoms with van der Waals surface area (Å²) in [6.07, 6.45) is 10.3. The number of hydrogen-bond acceptors (Lipinski definition) is 11. The van der Waals surface area contributed by atoms with Gasteiger partial charge in [-0.05, 0) is 94.1 Å². The quantitative estimate of drug-likeness (QED) is 0.328. The summed E-state index contributed by atoms with van der Waals surface area (Å²) in [5.74, 6) is -2.00. The van der Waals surface area contributed by atoms with Crippen LogP contribution in [-0.2, 0) is 40.5 Å². The van der Waals surface area contributed by atoms with E-state index < -0.39 is 44.7 Å². The van der Waals surface area contributed by atoms with Crippen molar-refractivity contribution in [2.75, 3.05) is 13.7 Å². The lowest BCUT2D eigenvalue weighted by atomic mass is 9.86. The predicted molar refractivity (Wildman–Crippen MR) is 213 cm³/mol. The van der Waals surface area contributed by atoms with Gasteiger partial charge in [-0.1, -0.05) is 45.1 Å². The number of carbonyl (C=O) groups excluding carboxylic acids is 4. The zero-order chi connectivity index (χ0) is 40.8. The molecule has 6 aliphatic rings. The fraction of sp³-hybridized carbons (Fsp3) is 0.721. The number of esters is 1. The minimum Gasteiger partial charge on any atom is -0.496 e. The molecule has 1 saturated heterocycles. The standard InChI is InChI=1S/C43H58N4O10S/c1-3-28-23-43(28,41(52)45-58(53,54)30-18-19-30)24-34(48)33-21-29-25-47(33)39(50)31(26-11-6-7-12-26)22-37(49)57-35-16-9-14-27(35)13-5-4-8-20-46-40(51)38-32(44-42(46)56-29)15-10-17-36(38)55-2/h10,15,17,26-31,33,35H,3-9,11-14,16,18-25H2,1-2H3,(H,45,52)/t27-,28-,29-,31+,33+,35-,43-/m1/s1. The van der Waals surface area contributed by atoms with Crippen molar-refractivity contribution in [1.29, 1.82) is 0 Å². The van der Waals surface area contributed by atoms with Crippen molar-refractivity contribution < 1.29 is 41.8 Å². The number of hydrogen-bond donors (Lipinski definition) is 1. The van der Waals surface area contributed by atoms with Crippen molar-refractivity contribution >= 4 is 44.5 Å². The van der Waals surface area contributed by atoms with Gasteiger partial charge in [0.25, 0.3) is 11.6 Å². The monoisotopic (exact) mass is 822 g/mol. The van der Waals surface area contributed by atoms with Crippen molar-refractivity contribution in [2.24, 2.45) is 29.1 Å². The highest BCUT2D eigenvalue weighted by Crippen LogP contribution is 2.58. The molecule has 0 spiro atoms. The van der Waals surface area contributed by atoms with E-state index in [1.54, 1.807) is 18.2 Å². The summed E-state index contributed by atoms with van der Waals surface area (Å²) >= 11 is 0. The van der Waals surface area contributed by atoms with Gasteiger partial charge < -0.3 is 19.1 Å². The molecule has 2 aliphatic heterocycles. The van der Waals surface area contributed by atoms with Gasteiger partial charge in [0, 0.05) is 19.4 Å². The van der Waals surface area contributed by atoms with Crippen LogP contribution in [0.25, 0.3) is 10.9 Å². The highest BCUT2D eigenvalue weighted by Gasteiger charge is 2.62. The number of fused-ring (bicyclic) bond motifs is 5. The highest BCUT2D eigenvalue weighted by molar-refractivity contribution is 7.90. The summed E-state index contributed by atoms with van der Waals surface area (Å²) in [6.45, 7) is 2.26. The maximum absolute atomic E-state index is 15.0. The molecule has 1 aromatic carbocycles. The van der Waals surface area contributed by atoms with Crippen LogP contribution < -0.4 is 19.8 Å². The lowest BCUT2D eigenvalue weighted by Gasteiger charge is -2.31. The van der Waals surface area contributed by atoms with Gasteiger partial charge in [0.1, 0.15) is 23.3 Å². The Morgan fingerprint density at radius 3 is 2.41 bits per heavy atom. The molecule has 58 heavy (non-hydrogen) atoms. The molecule has 4 aliphatic carbocycles. The number of amides is 2. The second-order valence-electron chi connectivity index (χ2n) is 17.9. The van der Waals surface area contributed by atoms with Crippen LogP contribution in [-0.4, -0.2) is 83.6 Å². The van der Waals surface area contributed by atoms with E-state index in [-0.39, 0.29) is 78.9 Å². The molecule has 3 heterocycles. The van der Waals surface area contributed by atoms with E-state index in [4.69, 9.17) is 19.2 Å². The number of sulfonamides is 1. The van der Waals surface area contributed by atoms with E-state index in [1.807, 2.05) is 6.92 Å². The summed E-state index contributed by atoms with van der Waals surface area (Å²) in [6, 6.07) is 4.30. The molecule has 8 rings (SSSR count). The minimum absolute atomic E-state index is 0.0106. The van der Waals surface area contributed by atoms with Gasteiger partial charge in [0.15, 0.2) is 5.78 Å². The maximum atomic E-state index is 15.0. The molecule has 316 valence electrons. The topological polar surface area (TPSA) is 180 Å². The molecular weight excluding hydrogens is 765 g/mol. The molecule has 7 atom stereocenters. The molecular formula is C43H58N4O10S. The normalized spacial score (nSPS) is 31.1. The second-order valence-corrected chi connectivity index (χ2v) is 19.9. The Balaban J connectivity index is 1.15. The fourth-order valence-corrected chi connectivity index (χ4v) is 12.0. The van der Waals surface area contributed by atoms with Crippen LogP contribution in [0.5, 0.6) is 11.8 Å². The van der Waals surface area contributed by atoms with Crippen LogP contribution in [0.1, 0.15) is 122 Å². The first-order valence-corrected chi connectivity index (χ1v) is 23.3. The van der Waals surface area contributed by atoms with Crippen LogP contribution in [0.3, 0.4) is 0 Å². The number of nitrogens with one attached hydrogen (secondary N) is 1. The van der Waals surface area contributed by atoms with E-state index in [1.165, 1.54) is 16.6 Å². The highest BCUT2D eigenvalue weighted by atomic mass is 32.2. The Morgan fingerprint density at radius 2 is 1.69 bits per heavy atom. The lowest BCUT2D eigenvalue weighted by Crippen LogP contribution is -2.47. The number of benzene rings is 1. The van der Waals surface area contributed by atoms with Gasteiger partial charge in [0.05, 0.1) is 48.2 Å². The van der Waals surface area contributed by atoms with Crippen LogP contribution >= 0.6 is 0 Å². The van der Waals surface area contributed by atoms with Crippen molar-refractivity contribution in [1.82, 2.24) is 19.2 Å². The number of rotatable bonds is 9. The Hall–Kier alpha value is -4.01. The summed E-state index contributed by atoms with van der Waals surface area (Å²) < 4.78 is 47.9. The van der Waals surface area contributed by atoms with Gasteiger partial charge in [-0.2, -0.15) is 4.98 Å². The van der Waals surface area contributed by atoms with Gasteiger partial charge >= 0.3 is 5.97 Å². The summed E-state index contributed by atoms with van der Waals surface area (Å²) in [7, 11) is -2.33. The van der Waals surface area contributed by atoms with E-state index in [9.17, 15) is 32.4 Å². The molecule has 5 fully saturated rings. The van der Waals surface area contributed by atoms with Crippen molar-refractivity contribution in [3.05, 3.63) is 28.6 Å². The first kappa shape index (κ1) is 40.8. The van der Waals surface area contributed by atoms with Gasteiger partial charge in [-0.15, -0.1) is 0 Å². The summed E-state index contributed by atoms with van der Waals surface area (Å²) in [5, 5.41) is -0.254. The van der Waals surface area contributed by atoms with Crippen LogP contribution in [0.15, 0.2) is 23.0 Å². The van der Waals surface area contributed by atoms with Crippen LogP contribution in [0.2, 0.25) is 0 Å². The molecule has 0 unspecified atom stereocenters. The Kier molecular flexibility index (Phi) is 11.6. The third-order valence-electron chi connectivity index (χ3n) is 14.2. The predicted octanol–water partition coefficient (Wildman–Crippen LogP) is 5.22. The SMILES string of the molecule is CC[C@@H]1C[C@]1(CC(=O)[C@@H]1C[C@@H]2CN1C(=O)[C@H](C1CCCC1)CC(=O)O[C@@H]1CCC[C@H]1CCCCCn1c(nc3cccc(OC)c3c1=O)O2)C(=O)NS(=O)(=O)C1CC1. The third-order valence-corrected chi connectivity index (χ3v) is 16.0. The Morgan fingerprint density at radius 1 is 0.948 bits per heavy atom. The fourth-order valence-electron chi connectivity index (χ4n) is 10.6. The Bertz CT molecular complexity index is 2090. The summed E-state index contributed by atoms with van der Waals surface area (Å²) in [5.41, 5.74) is -1.10. The zero-order valence-corrected chi connectivity index (χ0v) is 34.6. The molecule has 2 amide bonds. The first-order valence-electron chi connectivity index (χ1n) is 21.7.